The maximum Gasteiger partial charge on any atom is 0.263 e. The van der Waals surface area contributed by atoms with Crippen molar-refractivity contribution in [3.05, 3.63) is 101 Å². The monoisotopic (exact) mass is 497 g/mol. The summed E-state index contributed by atoms with van der Waals surface area (Å²) in [6.07, 6.45) is 1.54. The number of para-hydroxylation sites is 1. The van der Waals surface area contributed by atoms with Crippen molar-refractivity contribution in [1.29, 1.82) is 0 Å². The normalized spacial score (nSPS) is 10.9. The van der Waals surface area contributed by atoms with E-state index >= 15 is 0 Å². The number of aryl methyl sites for hydroxylation is 1. The van der Waals surface area contributed by atoms with Gasteiger partial charge in [0.1, 0.15) is 4.90 Å². The van der Waals surface area contributed by atoms with Gasteiger partial charge in [-0.2, -0.15) is 0 Å². The maximum absolute atomic E-state index is 13.1. The smallest absolute Gasteiger partial charge is 0.263 e. The number of amides is 2. The summed E-state index contributed by atoms with van der Waals surface area (Å²) in [5, 5.41) is 5.29. The van der Waals surface area contributed by atoms with Gasteiger partial charge >= 0.3 is 0 Å². The fourth-order valence-corrected chi connectivity index (χ4v) is 4.81. The van der Waals surface area contributed by atoms with Gasteiger partial charge in [-0.05, 0) is 61.4 Å². The van der Waals surface area contributed by atoms with E-state index in [-0.39, 0.29) is 39.2 Å². The molecule has 0 aliphatic heterocycles. The minimum Gasteiger partial charge on any atom is -0.349 e. The van der Waals surface area contributed by atoms with Gasteiger partial charge < -0.3 is 10.6 Å². The van der Waals surface area contributed by atoms with Crippen molar-refractivity contribution in [2.45, 2.75) is 18.7 Å². The average Bonchev–Trinajstić information content (AvgIpc) is 2.80. The highest BCUT2D eigenvalue weighted by atomic mass is 35.5. The number of halogens is 1. The first kappa shape index (κ1) is 25.0. The van der Waals surface area contributed by atoms with E-state index in [0.29, 0.717) is 5.69 Å². The Labute approximate surface area is 203 Å². The molecule has 9 heteroatoms. The van der Waals surface area contributed by atoms with Gasteiger partial charge in [-0.25, -0.2) is 8.42 Å². The topological polar surface area (TPSA) is 104 Å². The van der Waals surface area contributed by atoms with Crippen LogP contribution in [0.5, 0.6) is 0 Å². The Morgan fingerprint density at radius 1 is 0.971 bits per heavy atom. The molecule has 0 spiro atoms. The summed E-state index contributed by atoms with van der Waals surface area (Å²) in [4.78, 5) is 25.1. The van der Waals surface area contributed by atoms with E-state index < -0.39 is 15.9 Å². The molecule has 3 aromatic carbocycles. The summed E-state index contributed by atoms with van der Waals surface area (Å²) in [7, 11) is -4.08. The Bertz CT molecular complexity index is 1370. The van der Waals surface area contributed by atoms with E-state index in [1.165, 1.54) is 18.2 Å². The first-order chi connectivity index (χ1) is 16.1. The van der Waals surface area contributed by atoms with Crippen molar-refractivity contribution in [1.82, 2.24) is 5.32 Å². The quantitative estimate of drug-likeness (QED) is 0.384. The first-order valence-electron chi connectivity index (χ1n) is 10.3. The summed E-state index contributed by atoms with van der Waals surface area (Å²) in [5.41, 5.74) is 2.73. The molecule has 0 radical (unpaired) electrons. The Hall–Kier alpha value is -3.62. The molecule has 2 amide bonds. The van der Waals surface area contributed by atoms with Crippen molar-refractivity contribution in [3.8, 4) is 0 Å². The minimum absolute atomic E-state index is 0.0291. The fraction of sp³-hybridized carbons (Fsp3) is 0.120. The van der Waals surface area contributed by atoms with Crippen molar-refractivity contribution < 1.29 is 18.0 Å². The molecule has 0 heterocycles. The second-order valence-corrected chi connectivity index (χ2v) is 9.55. The third-order valence-electron chi connectivity index (χ3n) is 5.16. The lowest BCUT2D eigenvalue weighted by Gasteiger charge is -2.14. The van der Waals surface area contributed by atoms with Crippen LogP contribution in [0.4, 0.5) is 11.4 Å². The minimum atomic E-state index is -4.08. The number of carbonyl (C=O) groups is 2. The van der Waals surface area contributed by atoms with E-state index in [0.717, 1.165) is 11.1 Å². The van der Waals surface area contributed by atoms with Crippen molar-refractivity contribution in [2.24, 2.45) is 0 Å². The van der Waals surface area contributed by atoms with Crippen LogP contribution in [-0.2, 0) is 10.0 Å². The predicted octanol–water partition coefficient (Wildman–Crippen LogP) is 4.93. The predicted molar refractivity (Wildman–Crippen MR) is 135 cm³/mol. The standard InChI is InChI=1S/C25H24ClN3O4S/c1-4-14-27-25(31)19-9-5-6-10-22(19)28-24(30)18-12-13-20(26)23(15-18)34(32,33)29-21-11-7-8-16(2)17(21)3/h4-13,15,29H,1,14H2,2-3H3,(H,27,31)(H,28,30). The molecule has 0 unspecified atom stereocenters. The van der Waals surface area contributed by atoms with Gasteiger partial charge in [0.25, 0.3) is 21.8 Å². The van der Waals surface area contributed by atoms with Crippen LogP contribution in [0, 0.1) is 13.8 Å². The second kappa shape index (κ2) is 10.5. The highest BCUT2D eigenvalue weighted by molar-refractivity contribution is 7.92. The second-order valence-electron chi connectivity index (χ2n) is 7.50. The van der Waals surface area contributed by atoms with Crippen LogP contribution in [0.1, 0.15) is 31.8 Å². The molecule has 3 rings (SSSR count). The lowest BCUT2D eigenvalue weighted by molar-refractivity contribution is 0.0959. The van der Waals surface area contributed by atoms with Crippen LogP contribution < -0.4 is 15.4 Å². The highest BCUT2D eigenvalue weighted by Gasteiger charge is 2.22. The molecule has 0 aliphatic rings. The number of nitrogens with one attached hydrogen (secondary N) is 3. The number of benzene rings is 3. The van der Waals surface area contributed by atoms with Crippen molar-refractivity contribution in [2.75, 3.05) is 16.6 Å². The largest absolute Gasteiger partial charge is 0.349 e. The van der Waals surface area contributed by atoms with E-state index in [1.54, 1.807) is 49.4 Å². The molecule has 176 valence electrons. The summed E-state index contributed by atoms with van der Waals surface area (Å²) in [6, 6.07) is 15.7. The maximum atomic E-state index is 13.1. The molecule has 3 aromatic rings. The Balaban J connectivity index is 1.89. The molecule has 3 N–H and O–H groups in total. The average molecular weight is 498 g/mol. The highest BCUT2D eigenvalue weighted by Crippen LogP contribution is 2.27. The molecule has 0 saturated heterocycles. The molecule has 34 heavy (non-hydrogen) atoms. The van der Waals surface area contributed by atoms with Crippen molar-refractivity contribution >= 4 is 44.8 Å². The lowest BCUT2D eigenvalue weighted by Crippen LogP contribution is -2.25. The van der Waals surface area contributed by atoms with E-state index in [2.05, 4.69) is 21.9 Å². The summed E-state index contributed by atoms with van der Waals surface area (Å²) >= 11 is 6.19. The Kier molecular flexibility index (Phi) is 7.75. The van der Waals surface area contributed by atoms with Gasteiger partial charge in [0.15, 0.2) is 0 Å². The van der Waals surface area contributed by atoms with E-state index in [4.69, 9.17) is 11.6 Å². The van der Waals surface area contributed by atoms with Gasteiger partial charge in [-0.15, -0.1) is 6.58 Å². The van der Waals surface area contributed by atoms with Crippen molar-refractivity contribution in [3.63, 3.8) is 0 Å². The number of sulfonamides is 1. The van der Waals surface area contributed by atoms with E-state index in [9.17, 15) is 18.0 Å². The van der Waals surface area contributed by atoms with Gasteiger partial charge in [-0.1, -0.05) is 41.9 Å². The molecule has 7 nitrogen and oxygen atoms in total. The Morgan fingerprint density at radius 2 is 1.68 bits per heavy atom. The van der Waals surface area contributed by atoms with Gasteiger partial charge in [0.2, 0.25) is 0 Å². The first-order valence-corrected chi connectivity index (χ1v) is 12.2. The van der Waals surface area contributed by atoms with Gasteiger partial charge in [0, 0.05) is 12.1 Å². The molecule has 0 saturated carbocycles. The van der Waals surface area contributed by atoms with Crippen LogP contribution >= 0.6 is 11.6 Å². The zero-order valence-electron chi connectivity index (χ0n) is 18.7. The molecule has 0 fully saturated rings. The number of hydrogen-bond acceptors (Lipinski definition) is 4. The molecular weight excluding hydrogens is 474 g/mol. The van der Waals surface area contributed by atoms with Gasteiger partial charge in [0.05, 0.1) is 22.0 Å². The van der Waals surface area contributed by atoms with Crippen LogP contribution in [0.25, 0.3) is 0 Å². The molecule has 0 aromatic heterocycles. The third kappa shape index (κ3) is 5.65. The number of carbonyl (C=O) groups excluding carboxylic acids is 2. The zero-order chi connectivity index (χ0) is 24.9. The Morgan fingerprint density at radius 3 is 2.41 bits per heavy atom. The molecule has 0 aliphatic carbocycles. The lowest BCUT2D eigenvalue weighted by atomic mass is 10.1. The number of rotatable bonds is 8. The number of anilines is 2. The molecule has 0 bridgehead atoms. The summed E-state index contributed by atoms with van der Waals surface area (Å²) in [5.74, 6) is -0.975. The third-order valence-corrected chi connectivity index (χ3v) is 7.01. The fourth-order valence-electron chi connectivity index (χ4n) is 3.16. The number of hydrogen-bond donors (Lipinski definition) is 3. The zero-order valence-corrected chi connectivity index (χ0v) is 20.3. The van der Waals surface area contributed by atoms with E-state index in [1.807, 2.05) is 13.0 Å². The summed E-state index contributed by atoms with van der Waals surface area (Å²) < 4.78 is 28.7. The van der Waals surface area contributed by atoms with Crippen LogP contribution in [0.2, 0.25) is 5.02 Å². The van der Waals surface area contributed by atoms with Crippen LogP contribution in [0.3, 0.4) is 0 Å². The molecule has 0 atom stereocenters. The summed E-state index contributed by atoms with van der Waals surface area (Å²) in [6.45, 7) is 7.51. The molecular formula is C25H24ClN3O4S. The van der Waals surface area contributed by atoms with Gasteiger partial charge in [-0.3, -0.25) is 14.3 Å². The van der Waals surface area contributed by atoms with Crippen LogP contribution in [0.15, 0.2) is 78.2 Å². The SMILES string of the molecule is C=CCNC(=O)c1ccccc1NC(=O)c1ccc(Cl)c(S(=O)(=O)Nc2cccc(C)c2C)c1. The van der Waals surface area contributed by atoms with Crippen LogP contribution in [-0.4, -0.2) is 26.8 Å².